The highest BCUT2D eigenvalue weighted by atomic mass is 16.5. The van der Waals surface area contributed by atoms with E-state index in [0.717, 1.165) is 12.0 Å². The molecule has 7 heteroatoms. The van der Waals surface area contributed by atoms with Gasteiger partial charge in [0.05, 0.1) is 26.4 Å². The number of ether oxygens (including phenoxy) is 2. The van der Waals surface area contributed by atoms with Gasteiger partial charge in [0.15, 0.2) is 0 Å². The lowest BCUT2D eigenvalue weighted by molar-refractivity contribution is -0.120. The summed E-state index contributed by atoms with van der Waals surface area (Å²) in [5, 5.41) is 16.6. The Hall–Kier alpha value is -3.06. The zero-order valence-electron chi connectivity index (χ0n) is 18.9. The van der Waals surface area contributed by atoms with Crippen molar-refractivity contribution in [3.63, 3.8) is 0 Å². The molecule has 2 aromatic rings. The summed E-state index contributed by atoms with van der Waals surface area (Å²) in [6.07, 6.45) is 1.94. The zero-order valence-corrected chi connectivity index (χ0v) is 18.9. The topological polar surface area (TPSA) is 96.9 Å². The van der Waals surface area contributed by atoms with Gasteiger partial charge in [-0.1, -0.05) is 30.3 Å². The van der Waals surface area contributed by atoms with Gasteiger partial charge >= 0.3 is 0 Å². The lowest BCUT2D eigenvalue weighted by Crippen LogP contribution is -2.42. The predicted octanol–water partition coefficient (Wildman–Crippen LogP) is 2.81. The van der Waals surface area contributed by atoms with Gasteiger partial charge in [0.2, 0.25) is 5.91 Å². The van der Waals surface area contributed by atoms with E-state index in [1.165, 1.54) is 6.92 Å². The Labute approximate surface area is 189 Å². The summed E-state index contributed by atoms with van der Waals surface area (Å²) in [5.74, 6) is 0.716. The summed E-state index contributed by atoms with van der Waals surface area (Å²) in [6, 6.07) is 14.8. The van der Waals surface area contributed by atoms with E-state index in [-0.39, 0.29) is 23.3 Å². The maximum atomic E-state index is 13.0. The Morgan fingerprint density at radius 3 is 2.25 bits per heavy atom. The third kappa shape index (κ3) is 5.59. The van der Waals surface area contributed by atoms with Crippen molar-refractivity contribution < 1.29 is 24.2 Å². The van der Waals surface area contributed by atoms with Gasteiger partial charge in [-0.15, -0.1) is 0 Å². The van der Waals surface area contributed by atoms with Gasteiger partial charge in [-0.25, -0.2) is 0 Å². The second-order valence-corrected chi connectivity index (χ2v) is 8.38. The fourth-order valence-electron chi connectivity index (χ4n) is 4.45. The molecule has 172 valence electrons. The number of carbonyl (C=O) groups excluding carboxylic acids is 2. The summed E-state index contributed by atoms with van der Waals surface area (Å²) < 4.78 is 10.6. The Bertz CT molecular complexity index is 911. The molecule has 0 bridgehead atoms. The van der Waals surface area contributed by atoms with Gasteiger partial charge in [-0.3, -0.25) is 9.59 Å². The van der Waals surface area contributed by atoms with Gasteiger partial charge in [-0.2, -0.15) is 0 Å². The standard InChI is InChI=1S/C25H32N2O5/c1-17(28)27-22-9-11-25(12-10-23(22)29,19-7-5-4-6-8-19)16-26-24(30)18-13-20(31-2)15-21(14-18)32-3/h4-8,13-15,22-23,29H,9-12,16H2,1-3H3,(H,26,30)(H,27,28)/t22-,23-,25-/m0/s1. The van der Waals surface area contributed by atoms with E-state index in [4.69, 9.17) is 9.47 Å². The maximum absolute atomic E-state index is 13.0. The highest BCUT2D eigenvalue weighted by Crippen LogP contribution is 2.38. The monoisotopic (exact) mass is 440 g/mol. The highest BCUT2D eigenvalue weighted by Gasteiger charge is 2.38. The second kappa shape index (κ2) is 10.5. The van der Waals surface area contributed by atoms with Gasteiger partial charge in [0.25, 0.3) is 5.91 Å². The minimum absolute atomic E-state index is 0.151. The number of methoxy groups -OCH3 is 2. The third-order valence-corrected chi connectivity index (χ3v) is 6.29. The van der Waals surface area contributed by atoms with Crippen molar-refractivity contribution >= 4 is 11.8 Å². The second-order valence-electron chi connectivity index (χ2n) is 8.38. The largest absolute Gasteiger partial charge is 0.497 e. The molecule has 3 N–H and O–H groups in total. The number of carbonyl (C=O) groups is 2. The number of nitrogens with one attached hydrogen (secondary N) is 2. The molecule has 0 radical (unpaired) electrons. The van der Waals surface area contributed by atoms with Crippen LogP contribution in [0.1, 0.15) is 48.5 Å². The molecule has 1 fully saturated rings. The first kappa shape index (κ1) is 23.6. The summed E-state index contributed by atoms with van der Waals surface area (Å²) in [4.78, 5) is 24.6. The van der Waals surface area contributed by atoms with Crippen LogP contribution in [0, 0.1) is 0 Å². The number of amides is 2. The van der Waals surface area contributed by atoms with E-state index in [1.54, 1.807) is 32.4 Å². The molecule has 0 heterocycles. The van der Waals surface area contributed by atoms with Crippen LogP contribution in [0.25, 0.3) is 0 Å². The first-order chi connectivity index (χ1) is 15.4. The van der Waals surface area contributed by atoms with Crippen LogP contribution >= 0.6 is 0 Å². The Morgan fingerprint density at radius 1 is 1.03 bits per heavy atom. The molecule has 1 aliphatic carbocycles. The molecule has 2 aromatic carbocycles. The number of aliphatic hydroxyl groups excluding tert-OH is 1. The summed E-state index contributed by atoms with van der Waals surface area (Å²) >= 11 is 0. The Morgan fingerprint density at radius 2 is 1.66 bits per heavy atom. The molecule has 1 aliphatic rings. The van der Waals surface area contributed by atoms with Crippen molar-refractivity contribution in [1.29, 1.82) is 0 Å². The third-order valence-electron chi connectivity index (χ3n) is 6.29. The van der Waals surface area contributed by atoms with Gasteiger partial charge in [0, 0.05) is 30.5 Å². The van der Waals surface area contributed by atoms with Gasteiger partial charge in [-0.05, 0) is 43.4 Å². The van der Waals surface area contributed by atoms with Crippen LogP contribution in [-0.2, 0) is 10.2 Å². The van der Waals surface area contributed by atoms with E-state index in [9.17, 15) is 14.7 Å². The van der Waals surface area contributed by atoms with Crippen LogP contribution in [0.15, 0.2) is 48.5 Å². The molecule has 32 heavy (non-hydrogen) atoms. The average molecular weight is 441 g/mol. The molecule has 0 unspecified atom stereocenters. The minimum Gasteiger partial charge on any atom is -0.497 e. The Kier molecular flexibility index (Phi) is 7.75. The van der Waals surface area contributed by atoms with Crippen molar-refractivity contribution in [2.45, 2.75) is 50.2 Å². The zero-order chi connectivity index (χ0) is 23.1. The van der Waals surface area contributed by atoms with Gasteiger partial charge in [0.1, 0.15) is 11.5 Å². The molecule has 3 rings (SSSR count). The van der Waals surface area contributed by atoms with Crippen LogP contribution in [-0.4, -0.2) is 49.8 Å². The van der Waals surface area contributed by atoms with Crippen molar-refractivity contribution in [3.8, 4) is 11.5 Å². The maximum Gasteiger partial charge on any atom is 0.251 e. The number of hydrogen-bond acceptors (Lipinski definition) is 5. The van der Waals surface area contributed by atoms with Crippen molar-refractivity contribution in [1.82, 2.24) is 10.6 Å². The molecular weight excluding hydrogens is 408 g/mol. The summed E-state index contributed by atoms with van der Waals surface area (Å²) in [7, 11) is 3.09. The van der Waals surface area contributed by atoms with Crippen LogP contribution in [0.3, 0.4) is 0 Å². The van der Waals surface area contributed by atoms with Crippen LogP contribution in [0.2, 0.25) is 0 Å². The Balaban J connectivity index is 1.83. The number of benzene rings is 2. The van der Waals surface area contributed by atoms with Crippen LogP contribution < -0.4 is 20.1 Å². The predicted molar refractivity (Wildman–Crippen MR) is 122 cm³/mol. The van der Waals surface area contributed by atoms with Crippen molar-refractivity contribution in [2.24, 2.45) is 0 Å². The van der Waals surface area contributed by atoms with Crippen LogP contribution in [0.5, 0.6) is 11.5 Å². The number of hydrogen-bond donors (Lipinski definition) is 3. The molecule has 0 aromatic heterocycles. The molecule has 0 aliphatic heterocycles. The quantitative estimate of drug-likeness (QED) is 0.576. The fourth-order valence-corrected chi connectivity index (χ4v) is 4.45. The van der Waals surface area contributed by atoms with Gasteiger partial charge < -0.3 is 25.2 Å². The van der Waals surface area contributed by atoms with Crippen molar-refractivity contribution in [2.75, 3.05) is 20.8 Å². The minimum atomic E-state index is -0.622. The summed E-state index contributed by atoms with van der Waals surface area (Å²) in [6.45, 7) is 1.87. The fraction of sp³-hybridized carbons (Fsp3) is 0.440. The molecular formula is C25H32N2O5. The first-order valence-electron chi connectivity index (χ1n) is 10.9. The summed E-state index contributed by atoms with van der Waals surface area (Å²) in [5.41, 5.74) is 1.21. The molecule has 0 spiro atoms. The van der Waals surface area contributed by atoms with E-state index < -0.39 is 6.10 Å². The lowest BCUT2D eigenvalue weighted by Gasteiger charge is -2.34. The normalized spacial score (nSPS) is 23.0. The highest BCUT2D eigenvalue weighted by molar-refractivity contribution is 5.95. The first-order valence-corrected chi connectivity index (χ1v) is 10.9. The molecule has 1 saturated carbocycles. The molecule has 0 saturated heterocycles. The van der Waals surface area contributed by atoms with E-state index in [2.05, 4.69) is 22.8 Å². The van der Waals surface area contributed by atoms with E-state index in [0.29, 0.717) is 42.9 Å². The van der Waals surface area contributed by atoms with E-state index in [1.807, 2.05) is 18.2 Å². The SMILES string of the molecule is COc1cc(OC)cc(C(=O)NC[C@]2(c3ccccc3)CC[C@H](NC(C)=O)[C@@H](O)CC2)c1. The van der Waals surface area contributed by atoms with Crippen molar-refractivity contribution in [3.05, 3.63) is 59.7 Å². The molecule has 3 atom stereocenters. The number of rotatable bonds is 7. The van der Waals surface area contributed by atoms with E-state index >= 15 is 0 Å². The lowest BCUT2D eigenvalue weighted by atomic mass is 9.74. The average Bonchev–Trinajstić information content (AvgIpc) is 2.97. The van der Waals surface area contributed by atoms with Crippen LogP contribution in [0.4, 0.5) is 0 Å². The molecule has 7 nitrogen and oxygen atoms in total. The number of aliphatic hydroxyl groups is 1. The molecule has 2 amide bonds. The smallest absolute Gasteiger partial charge is 0.251 e.